The molecule has 2 N–H and O–H groups in total. The first-order valence-electron chi connectivity index (χ1n) is 14.3. The first-order valence-corrected chi connectivity index (χ1v) is 14.3. The molecule has 6 nitrogen and oxygen atoms in total. The predicted octanol–water partition coefficient (Wildman–Crippen LogP) is 7.16. The lowest BCUT2D eigenvalue weighted by atomic mass is 9.87. The lowest BCUT2D eigenvalue weighted by molar-refractivity contribution is 0.0687. The summed E-state index contributed by atoms with van der Waals surface area (Å²) in [5, 5.41) is 20.3. The summed E-state index contributed by atoms with van der Waals surface area (Å²) in [6.07, 6.45) is 6.36. The van der Waals surface area contributed by atoms with Gasteiger partial charge < -0.3 is 24.4 Å². The van der Waals surface area contributed by atoms with Gasteiger partial charge in [-0.05, 0) is 115 Å². The van der Waals surface area contributed by atoms with Crippen molar-refractivity contribution in [1.82, 2.24) is 0 Å². The minimum Gasteiger partial charge on any atom is -0.496 e. The number of hydrogen-bond donors (Lipinski definition) is 2. The molecule has 6 heteroatoms. The van der Waals surface area contributed by atoms with Gasteiger partial charge in [-0.25, -0.2) is 0 Å². The Morgan fingerprint density at radius 2 is 1.65 bits per heavy atom. The Hall–Kier alpha value is -2.83. The van der Waals surface area contributed by atoms with Crippen LogP contribution in [0.1, 0.15) is 111 Å². The number of fused-ring (bicyclic) bond motifs is 1. The molecule has 0 saturated carbocycles. The average molecular weight is 553 g/mol. The fraction of sp³-hybridized carbons (Fsp3) is 0.559. The number of ketones is 1. The van der Waals surface area contributed by atoms with Crippen LogP contribution in [0, 0.1) is 13.8 Å². The average Bonchev–Trinajstić information content (AvgIpc) is 2.84. The van der Waals surface area contributed by atoms with Crippen molar-refractivity contribution >= 4 is 5.78 Å². The molecule has 2 aromatic carbocycles. The third-order valence-electron chi connectivity index (χ3n) is 7.74. The number of ether oxygens (including phenoxy) is 3. The molecule has 0 fully saturated rings. The van der Waals surface area contributed by atoms with E-state index in [0.717, 1.165) is 52.8 Å². The molecule has 0 amide bonds. The zero-order valence-electron chi connectivity index (χ0n) is 25.9. The molecule has 1 aliphatic heterocycles. The molecule has 0 spiro atoms. The molecule has 40 heavy (non-hydrogen) atoms. The van der Waals surface area contributed by atoms with Crippen LogP contribution in [0.3, 0.4) is 0 Å². The number of aryl methyl sites for hydroxylation is 2. The van der Waals surface area contributed by atoms with Crippen LogP contribution in [0.4, 0.5) is 0 Å². The van der Waals surface area contributed by atoms with Gasteiger partial charge in [0.25, 0.3) is 0 Å². The van der Waals surface area contributed by atoms with Crippen LogP contribution in [-0.4, -0.2) is 41.4 Å². The first kappa shape index (κ1) is 31.7. The summed E-state index contributed by atoms with van der Waals surface area (Å²) in [6.45, 7) is 13.4. The highest BCUT2D eigenvalue weighted by Gasteiger charge is 2.34. The molecule has 0 bridgehead atoms. The van der Waals surface area contributed by atoms with E-state index >= 15 is 0 Å². The largest absolute Gasteiger partial charge is 0.496 e. The van der Waals surface area contributed by atoms with E-state index in [0.29, 0.717) is 36.3 Å². The van der Waals surface area contributed by atoms with Gasteiger partial charge in [0.15, 0.2) is 5.78 Å². The minimum absolute atomic E-state index is 0.0172. The Balaban J connectivity index is 1.95. The first-order chi connectivity index (χ1) is 18.6. The van der Waals surface area contributed by atoms with E-state index in [1.54, 1.807) is 28.1 Å². The molecular formula is C34H48O6. The van der Waals surface area contributed by atoms with Gasteiger partial charge in [0, 0.05) is 5.56 Å². The molecule has 1 atom stereocenters. The SMILES string of the molecule is COc1c(C)ccc(C2CC(=O)c3c(cc(C)c(CCC(C)(C)O)c3OC)O2)c1C/C=C(\C)CCCC(C)(C)O. The normalized spacial score (nSPS) is 16.0. The van der Waals surface area contributed by atoms with Crippen molar-refractivity contribution in [1.29, 1.82) is 0 Å². The van der Waals surface area contributed by atoms with E-state index in [4.69, 9.17) is 14.2 Å². The van der Waals surface area contributed by atoms with E-state index in [1.807, 2.05) is 39.8 Å². The number of hydrogen-bond acceptors (Lipinski definition) is 6. The Bertz CT molecular complexity index is 1240. The van der Waals surface area contributed by atoms with Gasteiger partial charge in [0.2, 0.25) is 0 Å². The van der Waals surface area contributed by atoms with Crippen molar-refractivity contribution in [2.45, 2.75) is 111 Å². The predicted molar refractivity (Wildman–Crippen MR) is 160 cm³/mol. The fourth-order valence-corrected chi connectivity index (χ4v) is 5.50. The molecule has 0 radical (unpaired) electrons. The number of Topliss-reactive ketones (excluding diaryl/α,β-unsaturated/α-hetero) is 1. The Labute approximate surface area is 240 Å². The van der Waals surface area contributed by atoms with Gasteiger partial charge in [-0.1, -0.05) is 23.8 Å². The fourth-order valence-electron chi connectivity index (χ4n) is 5.50. The van der Waals surface area contributed by atoms with Crippen molar-refractivity contribution in [3.05, 3.63) is 63.2 Å². The maximum absolute atomic E-state index is 13.6. The minimum atomic E-state index is -0.817. The van der Waals surface area contributed by atoms with Gasteiger partial charge in [-0.15, -0.1) is 0 Å². The van der Waals surface area contributed by atoms with Gasteiger partial charge >= 0.3 is 0 Å². The van der Waals surface area contributed by atoms with Crippen molar-refractivity contribution < 1.29 is 29.2 Å². The number of rotatable bonds is 12. The third kappa shape index (κ3) is 7.88. The second kappa shape index (κ2) is 12.8. The zero-order chi connectivity index (χ0) is 29.8. The maximum Gasteiger partial charge on any atom is 0.174 e. The van der Waals surface area contributed by atoms with Crippen LogP contribution >= 0.6 is 0 Å². The summed E-state index contributed by atoms with van der Waals surface area (Å²) in [5.74, 6) is 1.88. The second-order valence-corrected chi connectivity index (χ2v) is 12.5. The quantitative estimate of drug-likeness (QED) is 0.272. The Morgan fingerprint density at radius 3 is 2.25 bits per heavy atom. The van der Waals surface area contributed by atoms with Crippen molar-refractivity contribution in [2.24, 2.45) is 0 Å². The van der Waals surface area contributed by atoms with E-state index in [1.165, 1.54) is 5.57 Å². The molecule has 0 aliphatic carbocycles. The third-order valence-corrected chi connectivity index (χ3v) is 7.74. The van der Waals surface area contributed by atoms with Crippen molar-refractivity contribution in [3.63, 3.8) is 0 Å². The van der Waals surface area contributed by atoms with Crippen LogP contribution < -0.4 is 14.2 Å². The Morgan fingerprint density at radius 1 is 1.00 bits per heavy atom. The molecular weight excluding hydrogens is 504 g/mol. The highest BCUT2D eigenvalue weighted by atomic mass is 16.5. The topological polar surface area (TPSA) is 85.2 Å². The monoisotopic (exact) mass is 552 g/mol. The van der Waals surface area contributed by atoms with Gasteiger partial charge in [0.05, 0.1) is 31.8 Å². The second-order valence-electron chi connectivity index (χ2n) is 12.5. The highest BCUT2D eigenvalue weighted by molar-refractivity contribution is 6.03. The zero-order valence-corrected chi connectivity index (χ0v) is 25.9. The molecule has 0 saturated heterocycles. The van der Waals surface area contributed by atoms with E-state index < -0.39 is 17.3 Å². The molecule has 0 aromatic heterocycles. The number of benzene rings is 2. The molecule has 3 rings (SSSR count). The Kier molecular flexibility index (Phi) is 10.1. The number of carbonyl (C=O) groups is 1. The molecule has 1 unspecified atom stereocenters. The molecule has 1 heterocycles. The number of aliphatic hydroxyl groups is 2. The standard InChI is InChI=1S/C34H48O6/c1-21(11-10-17-33(4,5)36)12-14-26-25(15-13-22(2)31(26)38-8)28-20-27(35)30-29(40-28)19-23(3)24(32(30)39-9)16-18-34(6,7)37/h12-13,15,19,28,36-37H,10-11,14,16-18,20H2,1-9H3/b21-12+. The summed E-state index contributed by atoms with van der Waals surface area (Å²) in [5.41, 5.74) is 5.17. The number of methoxy groups -OCH3 is 2. The van der Waals surface area contributed by atoms with E-state index in [2.05, 4.69) is 19.1 Å². The summed E-state index contributed by atoms with van der Waals surface area (Å²) in [6, 6.07) is 6.00. The summed E-state index contributed by atoms with van der Waals surface area (Å²) >= 11 is 0. The summed E-state index contributed by atoms with van der Waals surface area (Å²) in [4.78, 5) is 13.6. The van der Waals surface area contributed by atoms with Crippen LogP contribution in [0.5, 0.6) is 17.2 Å². The van der Waals surface area contributed by atoms with Crippen molar-refractivity contribution in [2.75, 3.05) is 14.2 Å². The van der Waals surface area contributed by atoms with Gasteiger partial charge in [0.1, 0.15) is 28.9 Å². The molecule has 2 aromatic rings. The number of carbonyl (C=O) groups excluding carboxylic acids is 1. The lowest BCUT2D eigenvalue weighted by Crippen LogP contribution is -2.24. The van der Waals surface area contributed by atoms with Crippen LogP contribution in [-0.2, 0) is 12.8 Å². The van der Waals surface area contributed by atoms with Crippen LogP contribution in [0.2, 0.25) is 0 Å². The molecule has 1 aliphatic rings. The number of allylic oxidation sites excluding steroid dienone is 2. The van der Waals surface area contributed by atoms with Crippen molar-refractivity contribution in [3.8, 4) is 17.2 Å². The van der Waals surface area contributed by atoms with Crippen LogP contribution in [0.25, 0.3) is 0 Å². The van der Waals surface area contributed by atoms with Gasteiger partial charge in [-0.2, -0.15) is 0 Å². The van der Waals surface area contributed by atoms with Gasteiger partial charge in [-0.3, -0.25) is 4.79 Å². The highest BCUT2D eigenvalue weighted by Crippen LogP contribution is 2.45. The van der Waals surface area contributed by atoms with E-state index in [-0.39, 0.29) is 12.2 Å². The molecule has 220 valence electrons. The van der Waals surface area contributed by atoms with Crippen LogP contribution in [0.15, 0.2) is 29.8 Å². The maximum atomic E-state index is 13.6. The van der Waals surface area contributed by atoms with E-state index in [9.17, 15) is 15.0 Å². The summed E-state index contributed by atoms with van der Waals surface area (Å²) < 4.78 is 18.2. The summed E-state index contributed by atoms with van der Waals surface area (Å²) in [7, 11) is 3.27. The smallest absolute Gasteiger partial charge is 0.174 e. The lowest BCUT2D eigenvalue weighted by Gasteiger charge is -2.30.